The number of benzene rings is 1. The van der Waals surface area contributed by atoms with Crippen molar-refractivity contribution in [2.45, 2.75) is 0 Å². The number of hydrogen-bond acceptors (Lipinski definition) is 2. The first-order chi connectivity index (χ1) is 7.56. The third kappa shape index (κ3) is 4.77. The maximum atomic E-state index is 12.9. The molecule has 17 heavy (non-hydrogen) atoms. The highest BCUT2D eigenvalue weighted by Crippen LogP contribution is 2.15. The van der Waals surface area contributed by atoms with Crippen molar-refractivity contribution in [3.8, 4) is 0 Å². The average molecular weight is 373 g/mol. The largest absolute Gasteiger partial charge is 0.340 e. The van der Waals surface area contributed by atoms with Crippen molar-refractivity contribution in [1.82, 2.24) is 10.2 Å². The minimum Gasteiger partial charge on any atom is -0.340 e. The lowest BCUT2D eigenvalue weighted by Gasteiger charge is -2.17. The number of nitrogens with zero attached hydrogens (tertiary/aromatic N) is 1. The van der Waals surface area contributed by atoms with Crippen LogP contribution in [0.2, 0.25) is 0 Å². The molecule has 1 rings (SSSR count). The van der Waals surface area contributed by atoms with Crippen molar-refractivity contribution < 1.29 is 9.18 Å². The molecule has 96 valence electrons. The quantitative estimate of drug-likeness (QED) is 0.822. The molecule has 0 bridgehead atoms. The Morgan fingerprint density at radius 1 is 1.53 bits per heavy atom. The molecule has 0 fully saturated rings. The summed E-state index contributed by atoms with van der Waals surface area (Å²) in [7, 11) is 3.57. The van der Waals surface area contributed by atoms with Crippen LogP contribution in [0, 0.1) is 9.39 Å². The van der Waals surface area contributed by atoms with E-state index in [0.717, 1.165) is 6.54 Å². The zero-order chi connectivity index (χ0) is 12.1. The van der Waals surface area contributed by atoms with Gasteiger partial charge in [-0.05, 0) is 47.8 Å². The molecule has 0 heterocycles. The molecule has 0 saturated carbocycles. The maximum absolute atomic E-state index is 12.9. The van der Waals surface area contributed by atoms with E-state index in [1.807, 2.05) is 29.6 Å². The Bertz CT molecular complexity index is 390. The van der Waals surface area contributed by atoms with Crippen LogP contribution in [-0.2, 0) is 0 Å². The molecule has 0 aliphatic heterocycles. The Hall–Kier alpha value is -0.400. The van der Waals surface area contributed by atoms with E-state index in [1.54, 1.807) is 11.9 Å². The fraction of sp³-hybridized carbons (Fsp3) is 0.364. The molecule has 6 heteroatoms. The van der Waals surface area contributed by atoms with Gasteiger partial charge in [-0.15, -0.1) is 12.4 Å². The summed E-state index contributed by atoms with van der Waals surface area (Å²) in [5, 5.41) is 2.97. The summed E-state index contributed by atoms with van der Waals surface area (Å²) in [5.74, 6) is -0.404. The summed E-state index contributed by atoms with van der Waals surface area (Å²) in [6.07, 6.45) is 0. The zero-order valence-electron chi connectivity index (χ0n) is 9.67. The van der Waals surface area contributed by atoms with E-state index in [4.69, 9.17) is 0 Å². The average Bonchev–Trinajstić information content (AvgIpc) is 2.25. The number of carbonyl (C=O) groups excluding carboxylic acids is 1. The highest BCUT2D eigenvalue weighted by molar-refractivity contribution is 14.1. The number of amides is 1. The predicted molar refractivity (Wildman–Crippen MR) is 77.3 cm³/mol. The number of hydrogen-bond donors (Lipinski definition) is 1. The SMILES string of the molecule is CNCCN(C)C(=O)c1ccc(F)cc1I.Cl. The van der Waals surface area contributed by atoms with Crippen molar-refractivity contribution in [2.24, 2.45) is 0 Å². The molecule has 1 aromatic carbocycles. The van der Waals surface area contributed by atoms with Crippen molar-refractivity contribution in [2.75, 3.05) is 27.2 Å². The molecule has 0 atom stereocenters. The Balaban J connectivity index is 0.00000256. The topological polar surface area (TPSA) is 32.3 Å². The molecule has 1 aromatic rings. The second kappa shape index (κ2) is 7.84. The summed E-state index contributed by atoms with van der Waals surface area (Å²) in [6.45, 7) is 1.36. The van der Waals surface area contributed by atoms with Gasteiger partial charge in [0.2, 0.25) is 0 Å². The monoisotopic (exact) mass is 372 g/mol. The lowest BCUT2D eigenvalue weighted by Crippen LogP contribution is -2.33. The smallest absolute Gasteiger partial charge is 0.254 e. The molecule has 0 saturated heterocycles. The third-order valence-corrected chi connectivity index (χ3v) is 3.10. The van der Waals surface area contributed by atoms with E-state index < -0.39 is 0 Å². The summed E-state index contributed by atoms with van der Waals surface area (Å²) < 4.78 is 13.5. The van der Waals surface area contributed by atoms with Crippen molar-refractivity contribution in [3.63, 3.8) is 0 Å². The fourth-order valence-corrected chi connectivity index (χ4v) is 1.96. The van der Waals surface area contributed by atoms with Gasteiger partial charge in [0.05, 0.1) is 5.56 Å². The first kappa shape index (κ1) is 16.6. The highest BCUT2D eigenvalue weighted by atomic mass is 127. The zero-order valence-corrected chi connectivity index (χ0v) is 12.6. The van der Waals surface area contributed by atoms with Gasteiger partial charge in [0.25, 0.3) is 5.91 Å². The van der Waals surface area contributed by atoms with Crippen LogP contribution in [0.4, 0.5) is 4.39 Å². The molecular weight excluding hydrogens is 357 g/mol. The highest BCUT2D eigenvalue weighted by Gasteiger charge is 2.14. The van der Waals surface area contributed by atoms with Gasteiger partial charge in [-0.2, -0.15) is 0 Å². The normalized spacial score (nSPS) is 9.65. The van der Waals surface area contributed by atoms with E-state index in [1.165, 1.54) is 18.2 Å². The van der Waals surface area contributed by atoms with Crippen LogP contribution in [0.5, 0.6) is 0 Å². The number of rotatable bonds is 4. The summed E-state index contributed by atoms with van der Waals surface area (Å²) in [5.41, 5.74) is 0.542. The third-order valence-electron chi connectivity index (χ3n) is 2.21. The number of carbonyl (C=O) groups is 1. The van der Waals surface area contributed by atoms with Gasteiger partial charge in [0.15, 0.2) is 0 Å². The van der Waals surface area contributed by atoms with Gasteiger partial charge >= 0.3 is 0 Å². The van der Waals surface area contributed by atoms with Crippen molar-refractivity contribution >= 4 is 40.9 Å². The molecule has 3 nitrogen and oxygen atoms in total. The Labute approximate surface area is 120 Å². The van der Waals surface area contributed by atoms with Crippen LogP contribution in [0.25, 0.3) is 0 Å². The van der Waals surface area contributed by atoms with Crippen LogP contribution in [-0.4, -0.2) is 38.0 Å². The fourth-order valence-electron chi connectivity index (χ4n) is 1.25. The van der Waals surface area contributed by atoms with Crippen LogP contribution in [0.1, 0.15) is 10.4 Å². The first-order valence-electron chi connectivity index (χ1n) is 4.91. The minimum atomic E-state index is -0.321. The van der Waals surface area contributed by atoms with Crippen LogP contribution in [0.15, 0.2) is 18.2 Å². The number of nitrogens with one attached hydrogen (secondary N) is 1. The summed E-state index contributed by atoms with van der Waals surface area (Å²) in [6, 6.07) is 4.19. The van der Waals surface area contributed by atoms with E-state index in [-0.39, 0.29) is 24.1 Å². The van der Waals surface area contributed by atoms with Crippen LogP contribution >= 0.6 is 35.0 Å². The molecular formula is C11H15ClFIN2O. The van der Waals surface area contributed by atoms with E-state index in [9.17, 15) is 9.18 Å². The summed E-state index contributed by atoms with van der Waals surface area (Å²) in [4.78, 5) is 13.6. The van der Waals surface area contributed by atoms with Crippen LogP contribution < -0.4 is 5.32 Å². The Morgan fingerprint density at radius 3 is 2.71 bits per heavy atom. The Kier molecular flexibility index (Phi) is 7.65. The molecule has 0 aromatic heterocycles. The van der Waals surface area contributed by atoms with Crippen molar-refractivity contribution in [3.05, 3.63) is 33.1 Å². The van der Waals surface area contributed by atoms with Gasteiger partial charge in [-0.25, -0.2) is 4.39 Å². The van der Waals surface area contributed by atoms with E-state index >= 15 is 0 Å². The van der Waals surface area contributed by atoms with Crippen LogP contribution in [0.3, 0.4) is 0 Å². The van der Waals surface area contributed by atoms with Gasteiger partial charge < -0.3 is 10.2 Å². The van der Waals surface area contributed by atoms with Gasteiger partial charge in [0.1, 0.15) is 5.82 Å². The molecule has 0 radical (unpaired) electrons. The lowest BCUT2D eigenvalue weighted by atomic mass is 10.2. The standard InChI is InChI=1S/C11H14FIN2O.ClH/c1-14-5-6-15(2)11(16)9-4-3-8(12)7-10(9)13;/h3-4,7,14H,5-6H2,1-2H3;1H. The summed E-state index contributed by atoms with van der Waals surface area (Å²) >= 11 is 1.97. The van der Waals surface area contributed by atoms with Gasteiger partial charge in [0, 0.05) is 23.7 Å². The van der Waals surface area contributed by atoms with Gasteiger partial charge in [-0.1, -0.05) is 0 Å². The lowest BCUT2D eigenvalue weighted by molar-refractivity contribution is 0.0796. The molecule has 1 N–H and O–H groups in total. The second-order valence-corrected chi connectivity index (χ2v) is 4.62. The minimum absolute atomic E-state index is 0. The Morgan fingerprint density at radius 2 is 2.18 bits per heavy atom. The number of halogens is 3. The molecule has 0 aliphatic carbocycles. The van der Waals surface area contributed by atoms with Gasteiger partial charge in [-0.3, -0.25) is 4.79 Å². The second-order valence-electron chi connectivity index (χ2n) is 3.45. The van der Waals surface area contributed by atoms with Crippen molar-refractivity contribution in [1.29, 1.82) is 0 Å². The first-order valence-corrected chi connectivity index (χ1v) is 5.99. The van der Waals surface area contributed by atoms with E-state index in [2.05, 4.69) is 5.32 Å². The molecule has 0 aliphatic rings. The molecule has 0 unspecified atom stereocenters. The predicted octanol–water partition coefficient (Wildman–Crippen LogP) is 2.14. The van der Waals surface area contributed by atoms with E-state index in [0.29, 0.717) is 15.7 Å². The molecule has 0 spiro atoms. The maximum Gasteiger partial charge on any atom is 0.254 e. The molecule has 1 amide bonds. The number of likely N-dealkylation sites (N-methyl/N-ethyl adjacent to an activating group) is 2.